The monoisotopic (exact) mass is 265 g/mol. The van der Waals surface area contributed by atoms with Crippen molar-refractivity contribution in [1.82, 2.24) is 14.8 Å². The van der Waals surface area contributed by atoms with Crippen molar-refractivity contribution in [2.45, 2.75) is 32.4 Å². The molecule has 1 aromatic heterocycles. The first kappa shape index (κ1) is 13.9. The molecule has 0 aromatic carbocycles. The van der Waals surface area contributed by atoms with E-state index in [0.717, 1.165) is 6.54 Å². The zero-order valence-electron chi connectivity index (χ0n) is 12.1. The van der Waals surface area contributed by atoms with Gasteiger partial charge in [-0.15, -0.1) is 0 Å². The fraction of sp³-hybridized carbons (Fsp3) is 0.643. The summed E-state index contributed by atoms with van der Waals surface area (Å²) in [4.78, 5) is 13.9. The van der Waals surface area contributed by atoms with Gasteiger partial charge in [-0.05, 0) is 32.9 Å². The van der Waals surface area contributed by atoms with Crippen molar-refractivity contribution < 1.29 is 9.53 Å². The van der Waals surface area contributed by atoms with Gasteiger partial charge in [-0.25, -0.2) is 4.79 Å². The number of aromatic nitrogens is 1. The molecule has 1 unspecified atom stereocenters. The molecule has 5 heteroatoms. The molecule has 0 aliphatic carbocycles. The minimum absolute atomic E-state index is 0.168. The highest BCUT2D eigenvalue weighted by Gasteiger charge is 2.28. The zero-order chi connectivity index (χ0) is 14.0. The Kier molecular flexibility index (Phi) is 3.85. The van der Waals surface area contributed by atoms with E-state index in [1.807, 2.05) is 40.1 Å². The fourth-order valence-electron chi connectivity index (χ4n) is 2.28. The normalized spacial score (nSPS) is 20.4. The van der Waals surface area contributed by atoms with Gasteiger partial charge in [0.1, 0.15) is 5.60 Å². The molecule has 2 rings (SSSR count). The minimum atomic E-state index is -0.442. The van der Waals surface area contributed by atoms with Gasteiger partial charge < -0.3 is 19.5 Å². The van der Waals surface area contributed by atoms with E-state index in [1.54, 1.807) is 4.90 Å². The van der Waals surface area contributed by atoms with Crippen molar-refractivity contribution in [3.8, 4) is 0 Å². The number of nitrogens with one attached hydrogen (secondary N) is 1. The molecule has 1 aromatic rings. The second-order valence-corrected chi connectivity index (χ2v) is 5.98. The van der Waals surface area contributed by atoms with Crippen molar-refractivity contribution in [3.05, 3.63) is 24.0 Å². The third kappa shape index (κ3) is 3.50. The smallest absolute Gasteiger partial charge is 0.410 e. The maximum absolute atomic E-state index is 12.1. The summed E-state index contributed by atoms with van der Waals surface area (Å²) in [6.07, 6.45) is 1.79. The van der Waals surface area contributed by atoms with Gasteiger partial charge in [0.05, 0.1) is 6.04 Å². The number of piperazine rings is 1. The highest BCUT2D eigenvalue weighted by atomic mass is 16.6. The van der Waals surface area contributed by atoms with E-state index in [9.17, 15) is 4.79 Å². The molecule has 1 saturated heterocycles. The first-order valence-corrected chi connectivity index (χ1v) is 6.69. The Morgan fingerprint density at radius 3 is 2.79 bits per heavy atom. The van der Waals surface area contributed by atoms with Gasteiger partial charge >= 0.3 is 6.09 Å². The molecule has 1 atom stereocenters. The number of hydrogen-bond acceptors (Lipinski definition) is 3. The summed E-state index contributed by atoms with van der Waals surface area (Å²) in [5, 5.41) is 3.44. The average Bonchev–Trinajstić information content (AvgIpc) is 2.73. The lowest BCUT2D eigenvalue weighted by Gasteiger charge is -2.35. The van der Waals surface area contributed by atoms with Crippen molar-refractivity contribution in [2.24, 2.45) is 7.05 Å². The molecule has 0 saturated carbocycles. The zero-order valence-corrected chi connectivity index (χ0v) is 12.1. The molecule has 19 heavy (non-hydrogen) atoms. The molecule has 1 aliphatic rings. The standard InChI is InChI=1S/C14H23N3O2/c1-14(2,3)19-13(18)17-9-7-15-11(10-17)12-6-5-8-16(12)4/h5-6,8,11,15H,7,9-10H2,1-4H3. The van der Waals surface area contributed by atoms with Crippen LogP contribution in [-0.2, 0) is 11.8 Å². The van der Waals surface area contributed by atoms with Gasteiger partial charge in [0, 0.05) is 38.6 Å². The van der Waals surface area contributed by atoms with Gasteiger partial charge in [0.25, 0.3) is 0 Å². The van der Waals surface area contributed by atoms with Crippen LogP contribution in [0.2, 0.25) is 0 Å². The molecule has 0 bridgehead atoms. The Balaban J connectivity index is 2.01. The van der Waals surface area contributed by atoms with E-state index in [4.69, 9.17) is 4.74 Å². The van der Waals surface area contributed by atoms with Crippen LogP contribution in [0.3, 0.4) is 0 Å². The quantitative estimate of drug-likeness (QED) is 0.843. The van der Waals surface area contributed by atoms with Gasteiger partial charge in [-0.1, -0.05) is 0 Å². The SMILES string of the molecule is Cn1cccc1C1CN(C(=O)OC(C)(C)C)CCN1. The van der Waals surface area contributed by atoms with E-state index in [-0.39, 0.29) is 12.1 Å². The number of hydrogen-bond donors (Lipinski definition) is 1. The molecule has 0 spiro atoms. The second-order valence-electron chi connectivity index (χ2n) is 5.98. The van der Waals surface area contributed by atoms with Crippen LogP contribution >= 0.6 is 0 Å². The number of carbonyl (C=O) groups is 1. The summed E-state index contributed by atoms with van der Waals surface area (Å²) in [5.74, 6) is 0. The summed E-state index contributed by atoms with van der Waals surface area (Å²) in [7, 11) is 2.02. The largest absolute Gasteiger partial charge is 0.444 e. The van der Waals surface area contributed by atoms with Crippen molar-refractivity contribution in [2.75, 3.05) is 19.6 Å². The van der Waals surface area contributed by atoms with Crippen molar-refractivity contribution in [3.63, 3.8) is 0 Å². The van der Waals surface area contributed by atoms with Crippen LogP contribution in [0.1, 0.15) is 32.5 Å². The predicted octanol–water partition coefficient (Wildman–Crippen LogP) is 1.91. The molecule has 5 nitrogen and oxygen atoms in total. The lowest BCUT2D eigenvalue weighted by atomic mass is 10.1. The number of aryl methyl sites for hydroxylation is 1. The fourth-order valence-corrected chi connectivity index (χ4v) is 2.28. The summed E-state index contributed by atoms with van der Waals surface area (Å²) in [6.45, 7) is 7.79. The van der Waals surface area contributed by atoms with Crippen LogP contribution < -0.4 is 5.32 Å². The summed E-state index contributed by atoms with van der Waals surface area (Å²) in [5.41, 5.74) is 0.746. The molecule has 106 valence electrons. The van der Waals surface area contributed by atoms with Gasteiger partial charge in [-0.3, -0.25) is 0 Å². The highest BCUT2D eigenvalue weighted by molar-refractivity contribution is 5.68. The van der Waals surface area contributed by atoms with E-state index in [1.165, 1.54) is 5.69 Å². The van der Waals surface area contributed by atoms with Crippen LogP contribution in [0.25, 0.3) is 0 Å². The Hall–Kier alpha value is -1.49. The Morgan fingerprint density at radius 2 is 2.21 bits per heavy atom. The summed E-state index contributed by atoms with van der Waals surface area (Å²) >= 11 is 0. The lowest BCUT2D eigenvalue weighted by Crippen LogP contribution is -2.50. The summed E-state index contributed by atoms with van der Waals surface area (Å²) < 4.78 is 7.51. The molecule has 1 aliphatic heterocycles. The van der Waals surface area contributed by atoms with Gasteiger partial charge in [-0.2, -0.15) is 0 Å². The van der Waals surface area contributed by atoms with Gasteiger partial charge in [0.15, 0.2) is 0 Å². The number of rotatable bonds is 1. The Morgan fingerprint density at radius 1 is 1.47 bits per heavy atom. The Bertz CT molecular complexity index is 448. The predicted molar refractivity (Wildman–Crippen MR) is 74.0 cm³/mol. The lowest BCUT2D eigenvalue weighted by molar-refractivity contribution is 0.0193. The van der Waals surface area contributed by atoms with Crippen LogP contribution in [0.15, 0.2) is 18.3 Å². The van der Waals surface area contributed by atoms with Crippen LogP contribution in [-0.4, -0.2) is 40.8 Å². The van der Waals surface area contributed by atoms with Crippen LogP contribution in [0.4, 0.5) is 4.79 Å². The molecule has 1 N–H and O–H groups in total. The number of nitrogens with zero attached hydrogens (tertiary/aromatic N) is 2. The molecule has 0 radical (unpaired) electrons. The first-order valence-electron chi connectivity index (χ1n) is 6.69. The first-order chi connectivity index (χ1) is 8.87. The second kappa shape index (κ2) is 5.25. The molecule has 1 amide bonds. The molecule has 2 heterocycles. The van der Waals surface area contributed by atoms with E-state index in [2.05, 4.69) is 16.0 Å². The highest BCUT2D eigenvalue weighted by Crippen LogP contribution is 2.19. The van der Waals surface area contributed by atoms with E-state index < -0.39 is 5.60 Å². The van der Waals surface area contributed by atoms with Gasteiger partial charge in [0.2, 0.25) is 0 Å². The number of amides is 1. The topological polar surface area (TPSA) is 46.5 Å². The summed E-state index contributed by atoms with van der Waals surface area (Å²) in [6, 6.07) is 4.26. The average molecular weight is 265 g/mol. The maximum Gasteiger partial charge on any atom is 0.410 e. The maximum atomic E-state index is 12.1. The van der Waals surface area contributed by atoms with Crippen molar-refractivity contribution in [1.29, 1.82) is 0 Å². The Labute approximate surface area is 114 Å². The third-order valence-electron chi connectivity index (χ3n) is 3.17. The van der Waals surface area contributed by atoms with Crippen LogP contribution in [0.5, 0.6) is 0 Å². The van der Waals surface area contributed by atoms with Crippen LogP contribution in [0, 0.1) is 0 Å². The molecular formula is C14H23N3O2. The molecular weight excluding hydrogens is 242 g/mol. The third-order valence-corrected chi connectivity index (χ3v) is 3.17. The molecule has 1 fully saturated rings. The number of carbonyl (C=O) groups excluding carboxylic acids is 1. The minimum Gasteiger partial charge on any atom is -0.444 e. The number of ether oxygens (including phenoxy) is 1. The van der Waals surface area contributed by atoms with Crippen molar-refractivity contribution >= 4 is 6.09 Å². The van der Waals surface area contributed by atoms with E-state index >= 15 is 0 Å². The van der Waals surface area contributed by atoms with E-state index in [0.29, 0.717) is 13.1 Å².